The molecule has 4 N–H and O–H groups in total. The van der Waals surface area contributed by atoms with E-state index < -0.39 is 0 Å². The first-order valence-corrected chi connectivity index (χ1v) is 15.6. The Bertz CT molecular complexity index is 457. The largest absolute Gasteiger partial charge is 0.340 e. The van der Waals surface area contributed by atoms with Crippen LogP contribution in [0.1, 0.15) is 142 Å². The highest BCUT2D eigenvalue weighted by molar-refractivity contribution is 5.77. The summed E-state index contributed by atoms with van der Waals surface area (Å²) in [4.78, 5) is 29.3. The minimum Gasteiger partial charge on any atom is -0.340 e. The quantitative estimate of drug-likeness (QED) is 0.125. The van der Waals surface area contributed by atoms with Crippen molar-refractivity contribution in [3.05, 3.63) is 0 Å². The van der Waals surface area contributed by atoms with Crippen molar-refractivity contribution in [1.29, 1.82) is 0 Å². The summed E-state index contributed by atoms with van der Waals surface area (Å²) in [6, 6.07) is 0. The number of nitrogens with two attached hydrogens (primary N) is 2. The van der Waals surface area contributed by atoms with Gasteiger partial charge in [0.05, 0.1) is 0 Å². The molecule has 0 heterocycles. The van der Waals surface area contributed by atoms with Crippen molar-refractivity contribution in [2.45, 2.75) is 142 Å². The average Bonchev–Trinajstić information content (AvgIpc) is 2.88. The predicted octanol–water partition coefficient (Wildman–Crippen LogP) is 6.40. The topological polar surface area (TPSA) is 92.7 Å². The molecule has 6 heteroatoms. The molecule has 0 radical (unpaired) electrons. The Morgan fingerprint density at radius 2 is 0.722 bits per heavy atom. The van der Waals surface area contributed by atoms with Crippen LogP contribution in [-0.2, 0) is 9.59 Å². The zero-order chi connectivity index (χ0) is 26.7. The van der Waals surface area contributed by atoms with Crippen LogP contribution in [0.5, 0.6) is 0 Å². The molecule has 0 aliphatic rings. The predicted molar refractivity (Wildman–Crippen MR) is 155 cm³/mol. The first kappa shape index (κ1) is 34.9. The van der Waals surface area contributed by atoms with Crippen molar-refractivity contribution in [3.8, 4) is 0 Å². The Labute approximate surface area is 224 Å². The standard InChI is InChI=1S/C30H62N4O2/c1-3-5-7-9-11-13-15-17-19-21-29(35)33(25-23-31)27-28-34(26-24-32)30(36)22-20-18-16-14-12-10-8-6-4-2/h3-28,31-32H2,1-2H3. The fourth-order valence-electron chi connectivity index (χ4n) is 4.77. The maximum Gasteiger partial charge on any atom is 0.222 e. The van der Waals surface area contributed by atoms with E-state index in [1.807, 2.05) is 9.80 Å². The number of hydrogen-bond donors (Lipinski definition) is 2. The van der Waals surface area contributed by atoms with Gasteiger partial charge in [-0.25, -0.2) is 0 Å². The second-order valence-electron chi connectivity index (χ2n) is 10.5. The summed E-state index contributed by atoms with van der Waals surface area (Å²) in [5.74, 6) is 0.338. The minimum atomic E-state index is 0.169. The summed E-state index contributed by atoms with van der Waals surface area (Å²) >= 11 is 0. The molecule has 2 amide bonds. The molecule has 0 atom stereocenters. The summed E-state index contributed by atoms with van der Waals surface area (Å²) in [7, 11) is 0. The lowest BCUT2D eigenvalue weighted by Crippen LogP contribution is -2.44. The summed E-state index contributed by atoms with van der Waals surface area (Å²) < 4.78 is 0. The number of amides is 2. The third-order valence-corrected chi connectivity index (χ3v) is 7.13. The van der Waals surface area contributed by atoms with E-state index in [0.717, 1.165) is 25.7 Å². The van der Waals surface area contributed by atoms with Crippen LogP contribution in [0.4, 0.5) is 0 Å². The highest BCUT2D eigenvalue weighted by Gasteiger charge is 2.17. The van der Waals surface area contributed by atoms with Crippen molar-refractivity contribution in [1.82, 2.24) is 9.80 Å². The van der Waals surface area contributed by atoms with Gasteiger partial charge in [-0.1, -0.05) is 117 Å². The molecular formula is C30H62N4O2. The number of rotatable bonds is 27. The molecule has 0 unspecified atom stereocenters. The Hall–Kier alpha value is -1.14. The van der Waals surface area contributed by atoms with E-state index in [0.29, 0.717) is 52.1 Å². The van der Waals surface area contributed by atoms with Gasteiger partial charge in [-0.3, -0.25) is 9.59 Å². The molecule has 0 saturated heterocycles. The Balaban J connectivity index is 4.17. The molecule has 0 fully saturated rings. The third kappa shape index (κ3) is 21.0. The maximum atomic E-state index is 12.8. The van der Waals surface area contributed by atoms with Gasteiger partial charge < -0.3 is 21.3 Å². The Kier molecular flexibility index (Phi) is 26.1. The van der Waals surface area contributed by atoms with Crippen LogP contribution in [0, 0.1) is 0 Å². The van der Waals surface area contributed by atoms with Gasteiger partial charge in [0.1, 0.15) is 0 Å². The number of unbranched alkanes of at least 4 members (excludes halogenated alkanes) is 16. The van der Waals surface area contributed by atoms with Crippen LogP contribution in [0.25, 0.3) is 0 Å². The summed E-state index contributed by atoms with van der Waals surface area (Å²) in [5, 5.41) is 0. The Morgan fingerprint density at radius 1 is 0.444 bits per heavy atom. The van der Waals surface area contributed by atoms with Crippen molar-refractivity contribution in [2.75, 3.05) is 39.3 Å². The second-order valence-corrected chi connectivity index (χ2v) is 10.5. The van der Waals surface area contributed by atoms with Crippen molar-refractivity contribution in [3.63, 3.8) is 0 Å². The first-order valence-electron chi connectivity index (χ1n) is 15.6. The van der Waals surface area contributed by atoms with E-state index in [4.69, 9.17) is 11.5 Å². The number of hydrogen-bond acceptors (Lipinski definition) is 4. The monoisotopic (exact) mass is 510 g/mol. The van der Waals surface area contributed by atoms with E-state index >= 15 is 0 Å². The second kappa shape index (κ2) is 26.9. The molecule has 0 aromatic carbocycles. The molecular weight excluding hydrogens is 448 g/mol. The first-order chi connectivity index (χ1) is 17.6. The summed E-state index contributed by atoms with van der Waals surface area (Å²) in [6.45, 7) is 7.61. The van der Waals surface area contributed by atoms with Gasteiger partial charge in [-0.15, -0.1) is 0 Å². The third-order valence-electron chi connectivity index (χ3n) is 7.13. The Morgan fingerprint density at radius 3 is 1.00 bits per heavy atom. The maximum absolute atomic E-state index is 12.8. The molecule has 0 aromatic rings. The number of carbonyl (C=O) groups is 2. The number of carbonyl (C=O) groups excluding carboxylic acids is 2. The van der Waals surface area contributed by atoms with Gasteiger partial charge in [0.15, 0.2) is 0 Å². The van der Waals surface area contributed by atoms with Crippen molar-refractivity contribution < 1.29 is 9.59 Å². The zero-order valence-corrected chi connectivity index (χ0v) is 24.3. The van der Waals surface area contributed by atoms with E-state index in [2.05, 4.69) is 13.8 Å². The molecule has 6 nitrogen and oxygen atoms in total. The molecule has 214 valence electrons. The smallest absolute Gasteiger partial charge is 0.222 e. The van der Waals surface area contributed by atoms with E-state index in [1.54, 1.807) is 0 Å². The molecule has 0 bridgehead atoms. The lowest BCUT2D eigenvalue weighted by Gasteiger charge is -2.28. The molecule has 0 rings (SSSR count). The highest BCUT2D eigenvalue weighted by atomic mass is 16.2. The lowest BCUT2D eigenvalue weighted by molar-refractivity contribution is -0.135. The molecule has 0 saturated carbocycles. The molecule has 0 aromatic heterocycles. The average molecular weight is 511 g/mol. The molecule has 36 heavy (non-hydrogen) atoms. The van der Waals surface area contributed by atoms with Crippen LogP contribution in [-0.4, -0.2) is 60.9 Å². The fraction of sp³-hybridized carbons (Fsp3) is 0.933. The van der Waals surface area contributed by atoms with Crippen LogP contribution in [0.2, 0.25) is 0 Å². The summed E-state index contributed by atoms with van der Waals surface area (Å²) in [6.07, 6.45) is 23.6. The summed E-state index contributed by atoms with van der Waals surface area (Å²) in [5.41, 5.74) is 11.6. The van der Waals surface area contributed by atoms with Crippen LogP contribution >= 0.6 is 0 Å². The fourth-order valence-corrected chi connectivity index (χ4v) is 4.77. The van der Waals surface area contributed by atoms with Crippen LogP contribution < -0.4 is 11.5 Å². The van der Waals surface area contributed by atoms with Gasteiger partial charge in [0.2, 0.25) is 11.8 Å². The van der Waals surface area contributed by atoms with E-state index in [1.165, 1.54) is 89.9 Å². The molecule has 0 aliphatic carbocycles. The van der Waals surface area contributed by atoms with Crippen LogP contribution in [0.15, 0.2) is 0 Å². The van der Waals surface area contributed by atoms with Crippen molar-refractivity contribution >= 4 is 11.8 Å². The molecule has 0 spiro atoms. The SMILES string of the molecule is CCCCCCCCCCCC(=O)N(CCN)CCN(CCN)C(=O)CCCCCCCCCCC. The number of nitrogens with zero attached hydrogens (tertiary/aromatic N) is 2. The normalized spacial score (nSPS) is 11.1. The van der Waals surface area contributed by atoms with Crippen molar-refractivity contribution in [2.24, 2.45) is 11.5 Å². The van der Waals surface area contributed by atoms with Crippen LogP contribution in [0.3, 0.4) is 0 Å². The van der Waals surface area contributed by atoms with Gasteiger partial charge in [0.25, 0.3) is 0 Å². The van der Waals surface area contributed by atoms with Gasteiger partial charge in [0, 0.05) is 52.1 Å². The van der Waals surface area contributed by atoms with E-state index in [-0.39, 0.29) is 11.8 Å². The molecule has 0 aliphatic heterocycles. The minimum absolute atomic E-state index is 0.169. The lowest BCUT2D eigenvalue weighted by atomic mass is 10.1. The van der Waals surface area contributed by atoms with E-state index in [9.17, 15) is 9.59 Å². The van der Waals surface area contributed by atoms with Gasteiger partial charge in [-0.2, -0.15) is 0 Å². The zero-order valence-electron chi connectivity index (χ0n) is 24.3. The van der Waals surface area contributed by atoms with Gasteiger partial charge >= 0.3 is 0 Å². The van der Waals surface area contributed by atoms with Gasteiger partial charge in [-0.05, 0) is 12.8 Å². The highest BCUT2D eigenvalue weighted by Crippen LogP contribution is 2.13.